The summed E-state index contributed by atoms with van der Waals surface area (Å²) in [6.45, 7) is 1.50. The molecule has 0 aliphatic heterocycles. The van der Waals surface area contributed by atoms with Crippen LogP contribution in [-0.2, 0) is 10.0 Å². The molecule has 1 aliphatic rings. The van der Waals surface area contributed by atoms with Crippen molar-refractivity contribution in [3.05, 3.63) is 29.3 Å². The zero-order valence-electron chi connectivity index (χ0n) is 10.7. The molecule has 1 fully saturated rings. The molecule has 1 aromatic carbocycles. The van der Waals surface area contributed by atoms with Gasteiger partial charge in [0, 0.05) is 0 Å². The van der Waals surface area contributed by atoms with Crippen molar-refractivity contribution in [2.45, 2.75) is 36.6 Å². The zero-order chi connectivity index (χ0) is 14.1. The molecule has 2 N–H and O–H groups in total. The van der Waals surface area contributed by atoms with Gasteiger partial charge in [0.25, 0.3) is 0 Å². The van der Waals surface area contributed by atoms with Crippen molar-refractivity contribution >= 4 is 10.0 Å². The lowest BCUT2D eigenvalue weighted by Gasteiger charge is -2.40. The highest BCUT2D eigenvalue weighted by Crippen LogP contribution is 2.33. The summed E-state index contributed by atoms with van der Waals surface area (Å²) in [5, 5.41) is 18.1. The number of rotatable bonds is 4. The van der Waals surface area contributed by atoms with Crippen LogP contribution in [0.4, 0.5) is 0 Å². The Labute approximate surface area is 112 Å². The fourth-order valence-corrected chi connectivity index (χ4v) is 3.70. The number of nitrogens with one attached hydrogen (secondary N) is 1. The zero-order valence-corrected chi connectivity index (χ0v) is 11.5. The van der Waals surface area contributed by atoms with Crippen LogP contribution in [0.15, 0.2) is 23.1 Å². The maximum atomic E-state index is 12.2. The van der Waals surface area contributed by atoms with Gasteiger partial charge in [-0.25, -0.2) is 13.1 Å². The average Bonchev–Trinajstić information content (AvgIpc) is 2.34. The Balaban J connectivity index is 2.30. The van der Waals surface area contributed by atoms with Crippen LogP contribution < -0.4 is 4.72 Å². The Morgan fingerprint density at radius 2 is 2.16 bits per heavy atom. The number of aliphatic hydroxyl groups excluding tert-OH is 1. The van der Waals surface area contributed by atoms with Crippen LogP contribution in [0.1, 0.15) is 30.4 Å². The van der Waals surface area contributed by atoms with Crippen LogP contribution in [0.2, 0.25) is 0 Å². The summed E-state index contributed by atoms with van der Waals surface area (Å²) in [4.78, 5) is 0.128. The van der Waals surface area contributed by atoms with E-state index in [4.69, 9.17) is 5.26 Å². The van der Waals surface area contributed by atoms with E-state index in [1.165, 1.54) is 18.2 Å². The first-order chi connectivity index (χ1) is 8.92. The van der Waals surface area contributed by atoms with E-state index >= 15 is 0 Å². The van der Waals surface area contributed by atoms with Crippen LogP contribution in [0.5, 0.6) is 0 Å². The molecule has 1 aliphatic carbocycles. The van der Waals surface area contributed by atoms with Gasteiger partial charge in [-0.05, 0) is 49.9 Å². The van der Waals surface area contributed by atoms with Crippen molar-refractivity contribution in [2.75, 3.05) is 6.61 Å². The Morgan fingerprint density at radius 3 is 2.58 bits per heavy atom. The van der Waals surface area contributed by atoms with Crippen molar-refractivity contribution in [3.8, 4) is 6.07 Å². The molecule has 0 saturated heterocycles. The summed E-state index contributed by atoms with van der Waals surface area (Å²) in [6.07, 6.45) is 2.21. The van der Waals surface area contributed by atoms with Gasteiger partial charge in [-0.2, -0.15) is 5.26 Å². The minimum atomic E-state index is -3.66. The summed E-state index contributed by atoms with van der Waals surface area (Å²) >= 11 is 0. The van der Waals surface area contributed by atoms with E-state index in [0.717, 1.165) is 6.42 Å². The maximum absolute atomic E-state index is 12.2. The molecule has 0 unspecified atom stereocenters. The minimum absolute atomic E-state index is 0.128. The van der Waals surface area contributed by atoms with E-state index in [2.05, 4.69) is 4.72 Å². The fourth-order valence-electron chi connectivity index (χ4n) is 2.17. The first-order valence-corrected chi connectivity index (χ1v) is 7.56. The second-order valence-corrected chi connectivity index (χ2v) is 6.67. The summed E-state index contributed by atoms with van der Waals surface area (Å²) in [5.41, 5.74) is 0.372. The number of nitriles is 1. The van der Waals surface area contributed by atoms with Gasteiger partial charge in [-0.1, -0.05) is 0 Å². The third-order valence-corrected chi connectivity index (χ3v) is 5.17. The summed E-state index contributed by atoms with van der Waals surface area (Å²) in [7, 11) is -3.66. The molecule has 0 atom stereocenters. The van der Waals surface area contributed by atoms with Gasteiger partial charge in [-0.15, -0.1) is 0 Å². The number of hydrogen-bond donors (Lipinski definition) is 2. The monoisotopic (exact) mass is 280 g/mol. The maximum Gasteiger partial charge on any atom is 0.241 e. The second-order valence-electron chi connectivity index (χ2n) is 4.99. The topological polar surface area (TPSA) is 90.2 Å². The minimum Gasteiger partial charge on any atom is -0.394 e. The molecule has 1 saturated carbocycles. The Hall–Kier alpha value is -1.42. The molecule has 6 heteroatoms. The van der Waals surface area contributed by atoms with Crippen molar-refractivity contribution < 1.29 is 13.5 Å². The highest BCUT2D eigenvalue weighted by Gasteiger charge is 2.40. The van der Waals surface area contributed by atoms with E-state index in [-0.39, 0.29) is 11.5 Å². The highest BCUT2D eigenvalue weighted by atomic mass is 32.2. The molecular formula is C13H16N2O3S. The highest BCUT2D eigenvalue weighted by molar-refractivity contribution is 7.89. The van der Waals surface area contributed by atoms with Gasteiger partial charge >= 0.3 is 0 Å². The van der Waals surface area contributed by atoms with Gasteiger partial charge in [0.05, 0.1) is 28.7 Å². The van der Waals surface area contributed by atoms with E-state index < -0.39 is 15.6 Å². The summed E-state index contributed by atoms with van der Waals surface area (Å²) in [6, 6.07) is 6.39. The first-order valence-electron chi connectivity index (χ1n) is 6.08. The predicted octanol–water partition coefficient (Wildman–Crippen LogP) is 1.06. The van der Waals surface area contributed by atoms with Gasteiger partial charge in [0.1, 0.15) is 0 Å². The van der Waals surface area contributed by atoms with E-state index in [1.807, 2.05) is 6.07 Å². The Morgan fingerprint density at radius 1 is 1.47 bits per heavy atom. The van der Waals surface area contributed by atoms with Gasteiger partial charge in [0.2, 0.25) is 10.0 Å². The second kappa shape index (κ2) is 4.93. The van der Waals surface area contributed by atoms with E-state index in [1.54, 1.807) is 6.92 Å². The molecule has 0 amide bonds. The van der Waals surface area contributed by atoms with Crippen molar-refractivity contribution in [1.29, 1.82) is 5.26 Å². The Kier molecular flexibility index (Phi) is 3.63. The van der Waals surface area contributed by atoms with Crippen LogP contribution >= 0.6 is 0 Å². The van der Waals surface area contributed by atoms with Crippen LogP contribution in [0, 0.1) is 18.3 Å². The third-order valence-electron chi connectivity index (χ3n) is 3.59. The number of hydrogen-bond acceptors (Lipinski definition) is 4. The summed E-state index contributed by atoms with van der Waals surface area (Å²) in [5.74, 6) is 0. The molecule has 0 aromatic heterocycles. The molecule has 5 nitrogen and oxygen atoms in total. The SMILES string of the molecule is Cc1cc(S(=O)(=O)NC2(CO)CCC2)ccc1C#N. The number of sulfonamides is 1. The van der Waals surface area contributed by atoms with Gasteiger partial charge in [-0.3, -0.25) is 0 Å². The number of aliphatic hydroxyl groups is 1. The molecule has 102 valence electrons. The molecule has 2 rings (SSSR count). The van der Waals surface area contributed by atoms with Crippen LogP contribution in [0.25, 0.3) is 0 Å². The number of benzene rings is 1. The van der Waals surface area contributed by atoms with Gasteiger partial charge < -0.3 is 5.11 Å². The Bertz CT molecular complexity index is 622. The molecule has 19 heavy (non-hydrogen) atoms. The normalized spacial score (nSPS) is 17.5. The molecule has 0 radical (unpaired) electrons. The molecule has 0 bridgehead atoms. The average molecular weight is 280 g/mol. The molecule has 1 aromatic rings. The van der Waals surface area contributed by atoms with Crippen molar-refractivity contribution in [2.24, 2.45) is 0 Å². The third kappa shape index (κ3) is 2.63. The quantitative estimate of drug-likeness (QED) is 0.863. The number of aryl methyl sites for hydroxylation is 1. The lowest BCUT2D eigenvalue weighted by atomic mass is 9.78. The van der Waals surface area contributed by atoms with Crippen molar-refractivity contribution in [1.82, 2.24) is 4.72 Å². The largest absolute Gasteiger partial charge is 0.394 e. The lowest BCUT2D eigenvalue weighted by Crippen LogP contribution is -2.55. The summed E-state index contributed by atoms with van der Waals surface area (Å²) < 4.78 is 27.1. The number of nitrogens with zero attached hydrogens (tertiary/aromatic N) is 1. The predicted molar refractivity (Wildman–Crippen MR) is 69.9 cm³/mol. The smallest absolute Gasteiger partial charge is 0.241 e. The molecule has 0 heterocycles. The van der Waals surface area contributed by atoms with Crippen LogP contribution in [-0.4, -0.2) is 25.7 Å². The fraction of sp³-hybridized carbons (Fsp3) is 0.462. The lowest BCUT2D eigenvalue weighted by molar-refractivity contribution is 0.110. The van der Waals surface area contributed by atoms with E-state index in [9.17, 15) is 13.5 Å². The van der Waals surface area contributed by atoms with Gasteiger partial charge in [0.15, 0.2) is 0 Å². The van der Waals surface area contributed by atoms with E-state index in [0.29, 0.717) is 24.0 Å². The first kappa shape index (κ1) is 14.0. The molecule has 0 spiro atoms. The van der Waals surface area contributed by atoms with Crippen LogP contribution in [0.3, 0.4) is 0 Å². The van der Waals surface area contributed by atoms with Crippen molar-refractivity contribution in [3.63, 3.8) is 0 Å². The standard InChI is InChI=1S/C13H16N2O3S/c1-10-7-12(4-3-11(10)8-14)19(17,18)15-13(9-16)5-2-6-13/h3-4,7,15-16H,2,5-6,9H2,1H3. The molecular weight excluding hydrogens is 264 g/mol.